The molecule has 7 nitrogen and oxygen atoms in total. The molecule has 172 valence electrons. The van der Waals surface area contributed by atoms with Crippen molar-refractivity contribution < 1.29 is 19.5 Å². The van der Waals surface area contributed by atoms with E-state index in [9.17, 15) is 15.0 Å². The zero-order valence-electron chi connectivity index (χ0n) is 19.5. The van der Waals surface area contributed by atoms with Gasteiger partial charge in [-0.15, -0.1) is 0 Å². The first-order valence-electron chi connectivity index (χ1n) is 11.4. The summed E-state index contributed by atoms with van der Waals surface area (Å²) in [5.41, 5.74) is 0.139. The van der Waals surface area contributed by atoms with Crippen LogP contribution in [0.25, 0.3) is 0 Å². The molecular formula is C23H41N3O4. The Morgan fingerprint density at radius 2 is 1.87 bits per heavy atom. The minimum Gasteiger partial charge on any atom is -0.481 e. The lowest BCUT2D eigenvalue weighted by Crippen LogP contribution is -2.42. The van der Waals surface area contributed by atoms with Crippen LogP contribution in [0, 0.1) is 10.8 Å². The Balaban J connectivity index is 2.01. The number of nitrogens with zero attached hydrogens (tertiary/aromatic N) is 2. The molecule has 0 saturated heterocycles. The van der Waals surface area contributed by atoms with E-state index in [1.165, 1.54) is 32.1 Å². The Kier molecular flexibility index (Phi) is 8.45. The standard InChI is InChI=1S/C23H41N3O4/c1-21(2,3)23(11-7-6-8-12-23)13-9-10-17(14-19(28)29)20-25-18(26-30-20)15-24-22(4,5)16-27/h17,24,27H,6-16H2,1-5H3,(H,28,29). The molecule has 1 heterocycles. The van der Waals surface area contributed by atoms with E-state index in [2.05, 4.69) is 36.2 Å². The van der Waals surface area contributed by atoms with E-state index >= 15 is 0 Å². The Morgan fingerprint density at radius 1 is 1.20 bits per heavy atom. The van der Waals surface area contributed by atoms with Crippen LogP contribution in [-0.4, -0.2) is 38.5 Å². The number of aliphatic hydroxyl groups is 1. The largest absolute Gasteiger partial charge is 0.481 e. The maximum Gasteiger partial charge on any atom is 0.304 e. The molecule has 0 spiro atoms. The number of hydrogen-bond acceptors (Lipinski definition) is 6. The van der Waals surface area contributed by atoms with Crippen LogP contribution < -0.4 is 5.32 Å². The molecule has 0 aromatic carbocycles. The van der Waals surface area contributed by atoms with E-state index in [0.29, 0.717) is 23.7 Å². The third kappa shape index (κ3) is 6.77. The number of rotatable bonds is 11. The highest BCUT2D eigenvalue weighted by molar-refractivity contribution is 5.67. The summed E-state index contributed by atoms with van der Waals surface area (Å²) in [4.78, 5) is 15.9. The summed E-state index contributed by atoms with van der Waals surface area (Å²) in [7, 11) is 0. The van der Waals surface area contributed by atoms with Gasteiger partial charge in [-0.1, -0.05) is 51.6 Å². The van der Waals surface area contributed by atoms with Crippen LogP contribution in [0.2, 0.25) is 0 Å². The number of carboxylic acids is 1. The summed E-state index contributed by atoms with van der Waals surface area (Å²) in [6.07, 6.45) is 9.24. The van der Waals surface area contributed by atoms with Crippen LogP contribution in [0.1, 0.15) is 110 Å². The summed E-state index contributed by atoms with van der Waals surface area (Å²) in [5.74, 6) is -0.220. The summed E-state index contributed by atoms with van der Waals surface area (Å²) in [6.45, 7) is 11.2. The number of carboxylic acid groups (broad SMARTS) is 1. The van der Waals surface area contributed by atoms with Crippen molar-refractivity contribution in [3.8, 4) is 0 Å². The van der Waals surface area contributed by atoms with Gasteiger partial charge in [0.1, 0.15) is 0 Å². The van der Waals surface area contributed by atoms with Gasteiger partial charge in [-0.2, -0.15) is 4.98 Å². The first kappa shape index (κ1) is 24.8. The minimum absolute atomic E-state index is 0.000285. The lowest BCUT2D eigenvalue weighted by atomic mass is 9.57. The highest BCUT2D eigenvalue weighted by Gasteiger charge is 2.42. The molecule has 0 aliphatic heterocycles. The van der Waals surface area contributed by atoms with Crippen molar-refractivity contribution in [1.29, 1.82) is 0 Å². The van der Waals surface area contributed by atoms with E-state index in [-0.39, 0.29) is 24.4 Å². The normalized spacial score (nSPS) is 18.3. The number of aromatic nitrogens is 2. The highest BCUT2D eigenvalue weighted by atomic mass is 16.5. The van der Waals surface area contributed by atoms with Gasteiger partial charge in [0.15, 0.2) is 5.82 Å². The lowest BCUT2D eigenvalue weighted by Gasteiger charge is -2.48. The Hall–Kier alpha value is -1.47. The predicted octanol–water partition coefficient (Wildman–Crippen LogP) is 4.66. The molecule has 1 aliphatic rings. The second kappa shape index (κ2) is 10.2. The molecule has 1 atom stereocenters. The van der Waals surface area contributed by atoms with Crippen LogP contribution in [-0.2, 0) is 11.3 Å². The smallest absolute Gasteiger partial charge is 0.304 e. The van der Waals surface area contributed by atoms with Crippen LogP contribution in [0.3, 0.4) is 0 Å². The number of aliphatic carboxylic acids is 1. The monoisotopic (exact) mass is 423 g/mol. The maximum atomic E-state index is 11.4. The lowest BCUT2D eigenvalue weighted by molar-refractivity contribution is -0.137. The molecule has 30 heavy (non-hydrogen) atoms. The van der Waals surface area contributed by atoms with Gasteiger partial charge in [0.2, 0.25) is 5.89 Å². The Morgan fingerprint density at radius 3 is 2.43 bits per heavy atom. The number of nitrogens with one attached hydrogen (secondary N) is 1. The third-order valence-electron chi connectivity index (χ3n) is 6.98. The van der Waals surface area contributed by atoms with E-state index in [1.54, 1.807) is 0 Å². The summed E-state index contributed by atoms with van der Waals surface area (Å²) < 4.78 is 5.43. The van der Waals surface area contributed by atoms with Crippen molar-refractivity contribution in [1.82, 2.24) is 15.5 Å². The maximum absolute atomic E-state index is 11.4. The molecule has 1 aromatic heterocycles. The molecular weight excluding hydrogens is 382 g/mol. The topological polar surface area (TPSA) is 108 Å². The fraction of sp³-hybridized carbons (Fsp3) is 0.870. The molecule has 0 radical (unpaired) electrons. The molecule has 1 fully saturated rings. The molecule has 0 bridgehead atoms. The second-order valence-electron chi connectivity index (χ2n) is 10.7. The first-order valence-corrected chi connectivity index (χ1v) is 11.4. The van der Waals surface area contributed by atoms with Crippen molar-refractivity contribution in [2.24, 2.45) is 10.8 Å². The van der Waals surface area contributed by atoms with Crippen molar-refractivity contribution in [2.75, 3.05) is 6.61 Å². The number of hydrogen-bond donors (Lipinski definition) is 3. The fourth-order valence-electron chi connectivity index (χ4n) is 4.69. The second-order valence-corrected chi connectivity index (χ2v) is 10.7. The van der Waals surface area contributed by atoms with Gasteiger partial charge in [0.05, 0.1) is 19.6 Å². The molecule has 2 rings (SSSR count). The van der Waals surface area contributed by atoms with Crippen LogP contribution in [0.5, 0.6) is 0 Å². The van der Waals surface area contributed by atoms with Gasteiger partial charge < -0.3 is 20.1 Å². The van der Waals surface area contributed by atoms with Gasteiger partial charge in [-0.05, 0) is 50.4 Å². The zero-order chi connectivity index (χ0) is 22.4. The number of carbonyl (C=O) groups is 1. The minimum atomic E-state index is -0.845. The van der Waals surface area contributed by atoms with E-state index in [0.717, 1.165) is 19.3 Å². The van der Waals surface area contributed by atoms with Crippen LogP contribution in [0.4, 0.5) is 0 Å². The molecule has 1 unspecified atom stereocenters. The third-order valence-corrected chi connectivity index (χ3v) is 6.98. The highest BCUT2D eigenvalue weighted by Crippen LogP contribution is 2.53. The Labute approximate surface area is 181 Å². The summed E-state index contributed by atoms with van der Waals surface area (Å²) in [6, 6.07) is 0. The number of aliphatic hydroxyl groups excluding tert-OH is 1. The Bertz CT molecular complexity index is 672. The van der Waals surface area contributed by atoms with Crippen LogP contribution in [0.15, 0.2) is 4.52 Å². The van der Waals surface area contributed by atoms with Crippen molar-refractivity contribution >= 4 is 5.97 Å². The van der Waals surface area contributed by atoms with Gasteiger partial charge in [-0.3, -0.25) is 4.79 Å². The van der Waals surface area contributed by atoms with Crippen molar-refractivity contribution in [2.45, 2.75) is 110 Å². The van der Waals surface area contributed by atoms with Crippen LogP contribution >= 0.6 is 0 Å². The van der Waals surface area contributed by atoms with E-state index in [1.807, 2.05) is 13.8 Å². The fourth-order valence-corrected chi connectivity index (χ4v) is 4.69. The zero-order valence-corrected chi connectivity index (χ0v) is 19.5. The molecule has 1 aliphatic carbocycles. The predicted molar refractivity (Wildman–Crippen MR) is 116 cm³/mol. The van der Waals surface area contributed by atoms with Gasteiger partial charge in [0.25, 0.3) is 0 Å². The average Bonchev–Trinajstić information content (AvgIpc) is 3.14. The quantitative estimate of drug-likeness (QED) is 0.475. The first-order chi connectivity index (χ1) is 14.0. The van der Waals surface area contributed by atoms with Gasteiger partial charge >= 0.3 is 5.97 Å². The molecule has 1 saturated carbocycles. The molecule has 7 heteroatoms. The molecule has 1 aromatic rings. The van der Waals surface area contributed by atoms with Gasteiger partial charge in [-0.25, -0.2) is 0 Å². The van der Waals surface area contributed by atoms with Gasteiger partial charge in [0, 0.05) is 11.5 Å². The molecule has 0 amide bonds. The van der Waals surface area contributed by atoms with E-state index < -0.39 is 11.5 Å². The average molecular weight is 424 g/mol. The van der Waals surface area contributed by atoms with Crippen molar-refractivity contribution in [3.05, 3.63) is 11.7 Å². The SMILES string of the molecule is CC(C)(CO)NCc1noc(C(CCCC2(C(C)(C)C)CCCCC2)CC(=O)O)n1. The summed E-state index contributed by atoms with van der Waals surface area (Å²) in [5, 5.41) is 25.9. The summed E-state index contributed by atoms with van der Waals surface area (Å²) >= 11 is 0. The molecule has 3 N–H and O–H groups in total. The van der Waals surface area contributed by atoms with E-state index in [4.69, 9.17) is 4.52 Å². The van der Waals surface area contributed by atoms with Crippen molar-refractivity contribution in [3.63, 3.8) is 0 Å².